The van der Waals surface area contributed by atoms with Crippen LogP contribution >= 0.6 is 0 Å². The summed E-state index contributed by atoms with van der Waals surface area (Å²) in [6.07, 6.45) is 0. The largest absolute Gasteiger partial charge is 0.401 e. The Hall–Kier alpha value is -3.66. The molecule has 4 nitrogen and oxygen atoms in total. The number of hydrogen-bond donors (Lipinski definition) is 0. The van der Waals surface area contributed by atoms with E-state index in [1.54, 1.807) is 0 Å². The quantitative estimate of drug-likeness (QED) is 0.341. The smallest absolute Gasteiger partial charge is 0.399 e. The molecule has 0 atom stereocenters. The topological polar surface area (TPSA) is 40.6 Å². The molecule has 0 N–H and O–H groups in total. The van der Waals surface area contributed by atoms with Gasteiger partial charge in [0, 0.05) is 0 Å². The van der Waals surface area contributed by atoms with E-state index in [1.165, 1.54) is 0 Å². The molecule has 0 saturated carbocycles. The molecule has 2 bridgehead atoms. The van der Waals surface area contributed by atoms with E-state index in [9.17, 15) is 0 Å². The second-order valence-electron chi connectivity index (χ2n) is 9.00. The third kappa shape index (κ3) is 4.61. The van der Waals surface area contributed by atoms with E-state index in [2.05, 4.69) is 48.5 Å². The molecule has 37 heavy (non-hydrogen) atoms. The standard InChI is InChI=1S/C31H27NO3Si2/c1-5-16-28(17-6-1)36(29-18-7-2-8-19-29)33-24-26-14-13-15-27(32-26)25-34-37(35-36,30-20-9-3-10-21-30)31-22-11-4-12-23-31/h1-23H,24-25H2. The third-order valence-corrected chi connectivity index (χ3v) is 14.4. The number of rotatable bonds is 4. The summed E-state index contributed by atoms with van der Waals surface area (Å²) in [6.45, 7) is 0.690. The van der Waals surface area contributed by atoms with E-state index < -0.39 is 17.1 Å². The van der Waals surface area contributed by atoms with Crippen LogP contribution in [0.2, 0.25) is 0 Å². The highest BCUT2D eigenvalue weighted by molar-refractivity contribution is 7.04. The third-order valence-electron chi connectivity index (χ3n) is 6.61. The summed E-state index contributed by atoms with van der Waals surface area (Å²) < 4.78 is 21.7. The molecule has 182 valence electrons. The van der Waals surface area contributed by atoms with E-state index in [-0.39, 0.29) is 0 Å². The maximum Gasteiger partial charge on any atom is 0.399 e. The zero-order valence-corrected chi connectivity index (χ0v) is 22.4. The minimum atomic E-state index is -3.33. The molecular weight excluding hydrogens is 491 g/mol. The lowest BCUT2D eigenvalue weighted by Gasteiger charge is -2.41. The van der Waals surface area contributed by atoms with Gasteiger partial charge in [-0.2, -0.15) is 0 Å². The zero-order valence-electron chi connectivity index (χ0n) is 20.4. The second-order valence-corrected chi connectivity index (χ2v) is 15.2. The monoisotopic (exact) mass is 517 g/mol. The van der Waals surface area contributed by atoms with Crippen molar-refractivity contribution in [1.29, 1.82) is 0 Å². The lowest BCUT2D eigenvalue weighted by atomic mass is 10.3. The van der Waals surface area contributed by atoms with E-state index >= 15 is 0 Å². The van der Waals surface area contributed by atoms with Crippen LogP contribution < -0.4 is 20.7 Å². The van der Waals surface area contributed by atoms with Gasteiger partial charge in [-0.3, -0.25) is 4.98 Å². The molecule has 0 fully saturated rings. The van der Waals surface area contributed by atoms with Crippen molar-refractivity contribution in [2.45, 2.75) is 13.2 Å². The van der Waals surface area contributed by atoms with Gasteiger partial charge in [0.1, 0.15) is 0 Å². The Morgan fingerprint density at radius 3 is 1.05 bits per heavy atom. The van der Waals surface area contributed by atoms with Gasteiger partial charge in [-0.25, -0.2) is 0 Å². The molecule has 1 aliphatic rings. The molecule has 0 aliphatic carbocycles. The van der Waals surface area contributed by atoms with E-state index in [1.807, 2.05) is 91.0 Å². The average molecular weight is 518 g/mol. The first-order valence-corrected chi connectivity index (χ1v) is 16.1. The fraction of sp³-hybridized carbons (Fsp3) is 0.0645. The normalized spacial score (nSPS) is 16.5. The van der Waals surface area contributed by atoms with Crippen LogP contribution in [0.25, 0.3) is 0 Å². The first kappa shape index (κ1) is 23.7. The summed E-state index contributed by atoms with van der Waals surface area (Å²) in [4.78, 5) is 4.88. The lowest BCUT2D eigenvalue weighted by Crippen LogP contribution is -2.75. The van der Waals surface area contributed by atoms with Gasteiger partial charge in [-0.1, -0.05) is 127 Å². The number of fused-ring (bicyclic) bond motifs is 2. The Balaban J connectivity index is 1.66. The predicted octanol–water partition coefficient (Wildman–Crippen LogP) is 3.66. The van der Waals surface area contributed by atoms with Crippen LogP contribution in [0.3, 0.4) is 0 Å². The molecule has 2 heterocycles. The molecule has 1 aromatic heterocycles. The van der Waals surface area contributed by atoms with Gasteiger partial charge in [-0.05, 0) is 32.9 Å². The van der Waals surface area contributed by atoms with Crippen molar-refractivity contribution in [3.8, 4) is 0 Å². The summed E-state index contributed by atoms with van der Waals surface area (Å²) in [5.41, 5.74) is 1.73. The fourth-order valence-corrected chi connectivity index (χ4v) is 13.4. The Labute approximate surface area is 219 Å². The highest BCUT2D eigenvalue weighted by Gasteiger charge is 2.55. The van der Waals surface area contributed by atoms with Crippen molar-refractivity contribution in [2.75, 3.05) is 0 Å². The number of hydrogen-bond acceptors (Lipinski definition) is 4. The van der Waals surface area contributed by atoms with Crippen LogP contribution in [0.5, 0.6) is 0 Å². The zero-order chi connectivity index (χ0) is 25.0. The molecule has 6 heteroatoms. The van der Waals surface area contributed by atoms with Crippen LogP contribution in [-0.2, 0) is 26.2 Å². The predicted molar refractivity (Wildman–Crippen MR) is 151 cm³/mol. The molecule has 0 radical (unpaired) electrons. The summed E-state index contributed by atoms with van der Waals surface area (Å²) in [5, 5.41) is 4.13. The van der Waals surface area contributed by atoms with Crippen molar-refractivity contribution < 1.29 is 13.0 Å². The highest BCUT2D eigenvalue weighted by atomic mass is 28.5. The van der Waals surface area contributed by atoms with Crippen molar-refractivity contribution in [3.05, 3.63) is 151 Å². The van der Waals surface area contributed by atoms with Crippen molar-refractivity contribution in [2.24, 2.45) is 0 Å². The van der Waals surface area contributed by atoms with Crippen LogP contribution in [0.4, 0.5) is 0 Å². The Morgan fingerprint density at radius 1 is 0.405 bits per heavy atom. The van der Waals surface area contributed by atoms with Gasteiger partial charge < -0.3 is 13.0 Å². The summed E-state index contributed by atoms with van der Waals surface area (Å²) in [7, 11) is -6.65. The minimum absolute atomic E-state index is 0.345. The summed E-state index contributed by atoms with van der Waals surface area (Å²) in [6, 6.07) is 47.4. The molecule has 4 aromatic carbocycles. The highest BCUT2D eigenvalue weighted by Crippen LogP contribution is 2.23. The van der Waals surface area contributed by atoms with Gasteiger partial charge in [0.25, 0.3) is 0 Å². The number of aromatic nitrogens is 1. The van der Waals surface area contributed by atoms with Gasteiger partial charge in [0.05, 0.1) is 24.6 Å². The average Bonchev–Trinajstić information content (AvgIpc) is 2.99. The minimum Gasteiger partial charge on any atom is -0.401 e. The SMILES string of the molecule is c1ccc([Si]2(c3ccccc3)OCc3cccc(n3)CO[Si](c3ccccc3)(c3ccccc3)O2)cc1. The van der Waals surface area contributed by atoms with Crippen LogP contribution in [-0.4, -0.2) is 22.1 Å². The van der Waals surface area contributed by atoms with E-state index in [0.29, 0.717) is 13.2 Å². The molecule has 6 rings (SSSR count). The molecule has 0 saturated heterocycles. The van der Waals surface area contributed by atoms with Crippen molar-refractivity contribution >= 4 is 37.9 Å². The summed E-state index contributed by atoms with van der Waals surface area (Å²) >= 11 is 0. The fourth-order valence-electron chi connectivity index (χ4n) is 4.84. The van der Waals surface area contributed by atoms with Crippen LogP contribution in [0, 0.1) is 0 Å². The van der Waals surface area contributed by atoms with Gasteiger partial charge in [0.2, 0.25) is 0 Å². The van der Waals surface area contributed by atoms with Gasteiger partial charge >= 0.3 is 17.1 Å². The first-order chi connectivity index (χ1) is 18.3. The van der Waals surface area contributed by atoms with Crippen molar-refractivity contribution in [3.63, 3.8) is 0 Å². The maximum atomic E-state index is 7.64. The van der Waals surface area contributed by atoms with E-state index in [4.69, 9.17) is 18.0 Å². The molecule has 1 aliphatic heterocycles. The maximum absolute atomic E-state index is 7.64. The van der Waals surface area contributed by atoms with E-state index in [0.717, 1.165) is 32.1 Å². The molecule has 0 amide bonds. The number of pyridine rings is 1. The van der Waals surface area contributed by atoms with Crippen LogP contribution in [0.1, 0.15) is 11.4 Å². The number of benzene rings is 4. The molecule has 0 unspecified atom stereocenters. The Morgan fingerprint density at radius 2 is 0.730 bits per heavy atom. The Kier molecular flexibility index (Phi) is 6.65. The number of nitrogens with zero attached hydrogens (tertiary/aromatic N) is 1. The second kappa shape index (κ2) is 10.4. The summed E-state index contributed by atoms with van der Waals surface area (Å²) in [5.74, 6) is 0. The first-order valence-electron chi connectivity index (χ1n) is 12.4. The lowest BCUT2D eigenvalue weighted by molar-refractivity contribution is 0.191. The molecular formula is C31H27NO3Si2. The van der Waals surface area contributed by atoms with Crippen LogP contribution in [0.15, 0.2) is 140 Å². The van der Waals surface area contributed by atoms with Gasteiger partial charge in [-0.15, -0.1) is 0 Å². The van der Waals surface area contributed by atoms with Gasteiger partial charge in [0.15, 0.2) is 0 Å². The Bertz CT molecular complexity index is 1260. The molecule has 5 aromatic rings. The van der Waals surface area contributed by atoms with Crippen molar-refractivity contribution in [1.82, 2.24) is 4.98 Å². The molecule has 0 spiro atoms.